The molecule has 0 N–H and O–H groups in total. The minimum absolute atomic E-state index is 0.444. The maximum absolute atomic E-state index is 10.7. The summed E-state index contributed by atoms with van der Waals surface area (Å²) >= 11 is 0. The Morgan fingerprint density at radius 3 is 1.56 bits per heavy atom. The van der Waals surface area contributed by atoms with Crippen molar-refractivity contribution in [3.05, 3.63) is 204 Å². The Morgan fingerprint density at radius 2 is 0.952 bits per heavy atom. The Hall–Kier alpha value is -8.65. The molecule has 0 aliphatic heterocycles. The van der Waals surface area contributed by atoms with E-state index in [1.165, 1.54) is 16.5 Å². The second-order valence-electron chi connectivity index (χ2n) is 15.6. The molecule has 0 saturated carbocycles. The number of hydrogen-bond acceptors (Lipinski definition) is 4. The van der Waals surface area contributed by atoms with Gasteiger partial charge < -0.3 is 9.13 Å². The summed E-state index contributed by atoms with van der Waals surface area (Å²) in [6.45, 7) is 12.4. The molecule has 62 heavy (non-hydrogen) atoms. The van der Waals surface area contributed by atoms with E-state index < -0.39 is 0 Å². The van der Waals surface area contributed by atoms with Gasteiger partial charge >= 0.3 is 0 Å². The fourth-order valence-electron chi connectivity index (χ4n) is 8.89. The molecule has 290 valence electrons. The lowest BCUT2D eigenvalue weighted by atomic mass is 9.98. The van der Waals surface area contributed by atoms with Crippen LogP contribution < -0.4 is 0 Å². The third-order valence-electron chi connectivity index (χ3n) is 11.7. The number of nitrogens with zero attached hydrogens (tertiary/aromatic N) is 7. The Morgan fingerprint density at radius 1 is 0.452 bits per heavy atom. The van der Waals surface area contributed by atoms with Crippen molar-refractivity contribution in [1.29, 1.82) is 5.26 Å². The summed E-state index contributed by atoms with van der Waals surface area (Å²) in [7, 11) is 0. The van der Waals surface area contributed by atoms with Gasteiger partial charge in [-0.05, 0) is 97.8 Å². The molecular weight excluding hydrogens is 759 g/mol. The van der Waals surface area contributed by atoms with Gasteiger partial charge in [0.2, 0.25) is 0 Å². The van der Waals surface area contributed by atoms with Crippen molar-refractivity contribution >= 4 is 49.3 Å². The second kappa shape index (κ2) is 14.6. The highest BCUT2D eigenvalue weighted by Crippen LogP contribution is 2.42. The summed E-state index contributed by atoms with van der Waals surface area (Å²) < 4.78 is 4.46. The van der Waals surface area contributed by atoms with Crippen LogP contribution in [0.4, 0.5) is 5.69 Å². The van der Waals surface area contributed by atoms with E-state index in [1.54, 1.807) is 0 Å². The molecule has 0 atom stereocenters. The molecule has 7 heteroatoms. The average molecular weight is 794 g/mol. The smallest absolute Gasteiger partial charge is 0.194 e. The lowest BCUT2D eigenvalue weighted by Crippen LogP contribution is -2.03. The van der Waals surface area contributed by atoms with Gasteiger partial charge in [-0.2, -0.15) is 5.26 Å². The molecule has 11 rings (SSSR count). The number of para-hydroxylation sites is 3. The molecule has 0 spiro atoms. The van der Waals surface area contributed by atoms with E-state index in [-0.39, 0.29) is 0 Å². The molecule has 0 bridgehead atoms. The van der Waals surface area contributed by atoms with Gasteiger partial charge in [-0.3, -0.25) is 0 Å². The van der Waals surface area contributed by atoms with Gasteiger partial charge in [0.15, 0.2) is 23.2 Å². The van der Waals surface area contributed by atoms with Crippen molar-refractivity contribution in [1.82, 2.24) is 24.1 Å². The highest BCUT2D eigenvalue weighted by atomic mass is 15.0. The first-order valence-corrected chi connectivity index (χ1v) is 20.4. The summed E-state index contributed by atoms with van der Waals surface area (Å²) in [5.41, 5.74) is 13.3. The number of fused-ring (bicyclic) bond motifs is 6. The quantitative estimate of drug-likeness (QED) is 0.157. The highest BCUT2D eigenvalue weighted by molar-refractivity contribution is 6.11. The van der Waals surface area contributed by atoms with Crippen LogP contribution >= 0.6 is 0 Å². The van der Waals surface area contributed by atoms with Gasteiger partial charge in [-0.1, -0.05) is 114 Å². The Labute approximate surface area is 357 Å². The molecule has 0 aliphatic carbocycles. The molecular formula is C55H35N7. The van der Waals surface area contributed by atoms with Crippen LogP contribution in [-0.4, -0.2) is 24.1 Å². The predicted octanol–water partition coefficient (Wildman–Crippen LogP) is 13.8. The SMILES string of the molecule is [C-]#[N+]c1ccccc1-c1cc(-c2nc(-c3ccccc3)nc(-c3ccc(-n4c5ccccc5c5cc(C)ccc54)c(C#N)c3)n2)ccc1-n1c2ccccc2c2cc(C)ccc21. The molecule has 0 amide bonds. The molecule has 0 unspecified atom stereocenters. The molecule has 0 saturated heterocycles. The Balaban J connectivity index is 1.12. The van der Waals surface area contributed by atoms with E-state index in [2.05, 4.69) is 131 Å². The monoisotopic (exact) mass is 793 g/mol. The largest absolute Gasteiger partial charge is 0.309 e. The number of rotatable bonds is 6. The standard InChI is InChI=1S/C55H35N7/c1-34-21-25-50-43(29-34)41-16-8-11-19-48(41)61(50)47-27-23-37(31-39(47)33-56)54-58-53(36-13-5-4-6-14-36)59-55(60-54)38-24-28-52(45(32-38)40-15-7-10-18-46(40)57-3)62-49-20-12-9-17-42(49)44-30-35(2)22-26-51(44)62/h4-32H,1-2H3. The zero-order valence-electron chi connectivity index (χ0n) is 33.9. The van der Waals surface area contributed by atoms with Crippen molar-refractivity contribution in [2.75, 3.05) is 0 Å². The van der Waals surface area contributed by atoms with Crippen molar-refractivity contribution in [2.24, 2.45) is 0 Å². The van der Waals surface area contributed by atoms with Crippen LogP contribution in [0.3, 0.4) is 0 Å². The summed E-state index contributed by atoms with van der Waals surface area (Å²) in [4.78, 5) is 19.2. The van der Waals surface area contributed by atoms with Crippen LogP contribution in [-0.2, 0) is 0 Å². The van der Waals surface area contributed by atoms with E-state index >= 15 is 0 Å². The molecule has 3 aromatic heterocycles. The first kappa shape index (κ1) is 36.4. The lowest BCUT2D eigenvalue weighted by molar-refractivity contribution is 1.07. The summed E-state index contributed by atoms with van der Waals surface area (Å²) in [6, 6.07) is 62.0. The zero-order valence-corrected chi connectivity index (χ0v) is 33.9. The first-order chi connectivity index (χ1) is 30.5. The molecule has 8 aromatic carbocycles. The van der Waals surface area contributed by atoms with Crippen LogP contribution in [0.25, 0.3) is 105 Å². The molecule has 3 heterocycles. The maximum Gasteiger partial charge on any atom is 0.194 e. The number of aryl methyl sites for hydroxylation is 2. The summed E-state index contributed by atoms with van der Waals surface area (Å²) in [6.07, 6.45) is 0. The second-order valence-corrected chi connectivity index (χ2v) is 15.6. The fraction of sp³-hybridized carbons (Fsp3) is 0.0364. The Bertz CT molecular complexity index is 3690. The minimum atomic E-state index is 0.444. The van der Waals surface area contributed by atoms with E-state index in [0.717, 1.165) is 71.9 Å². The van der Waals surface area contributed by atoms with Gasteiger partial charge in [0.1, 0.15) is 6.07 Å². The molecule has 7 nitrogen and oxygen atoms in total. The van der Waals surface area contributed by atoms with E-state index in [1.807, 2.05) is 78.9 Å². The third kappa shape index (κ3) is 5.92. The van der Waals surface area contributed by atoms with E-state index in [4.69, 9.17) is 21.5 Å². The van der Waals surface area contributed by atoms with Crippen LogP contribution in [0.2, 0.25) is 0 Å². The third-order valence-corrected chi connectivity index (χ3v) is 11.7. The van der Waals surface area contributed by atoms with Gasteiger partial charge in [0.25, 0.3) is 0 Å². The molecule has 11 aromatic rings. The number of nitriles is 1. The van der Waals surface area contributed by atoms with Crippen LogP contribution in [0.1, 0.15) is 16.7 Å². The highest BCUT2D eigenvalue weighted by Gasteiger charge is 2.21. The molecule has 0 fully saturated rings. The lowest BCUT2D eigenvalue weighted by Gasteiger charge is -2.17. The van der Waals surface area contributed by atoms with E-state index in [9.17, 15) is 5.26 Å². The normalized spacial score (nSPS) is 11.4. The number of aromatic nitrogens is 5. The van der Waals surface area contributed by atoms with Crippen LogP contribution in [0.15, 0.2) is 176 Å². The summed E-state index contributed by atoms with van der Waals surface area (Å²) in [5, 5.41) is 15.3. The van der Waals surface area contributed by atoms with Crippen molar-refractivity contribution in [3.63, 3.8) is 0 Å². The topological polar surface area (TPSA) is 76.7 Å². The zero-order chi connectivity index (χ0) is 41.9. The average Bonchev–Trinajstić information content (AvgIpc) is 3.83. The fourth-order valence-corrected chi connectivity index (χ4v) is 8.89. The van der Waals surface area contributed by atoms with E-state index in [0.29, 0.717) is 34.3 Å². The summed E-state index contributed by atoms with van der Waals surface area (Å²) in [5.74, 6) is 1.43. The van der Waals surface area contributed by atoms with Gasteiger partial charge in [-0.15, -0.1) is 0 Å². The van der Waals surface area contributed by atoms with Gasteiger partial charge in [0.05, 0.1) is 45.6 Å². The predicted molar refractivity (Wildman–Crippen MR) is 251 cm³/mol. The first-order valence-electron chi connectivity index (χ1n) is 20.4. The van der Waals surface area contributed by atoms with Crippen LogP contribution in [0, 0.1) is 31.8 Å². The van der Waals surface area contributed by atoms with Crippen LogP contribution in [0.5, 0.6) is 0 Å². The number of hydrogen-bond donors (Lipinski definition) is 0. The van der Waals surface area contributed by atoms with Crippen molar-refractivity contribution in [2.45, 2.75) is 13.8 Å². The molecule has 0 radical (unpaired) electrons. The minimum Gasteiger partial charge on any atom is -0.309 e. The van der Waals surface area contributed by atoms with Gasteiger partial charge in [0, 0.05) is 38.2 Å². The van der Waals surface area contributed by atoms with Gasteiger partial charge in [-0.25, -0.2) is 19.8 Å². The maximum atomic E-state index is 10.7. The Kier molecular flexibility index (Phi) is 8.56. The van der Waals surface area contributed by atoms with Crippen molar-refractivity contribution in [3.8, 4) is 62.7 Å². The molecule has 0 aliphatic rings. The van der Waals surface area contributed by atoms with Crippen molar-refractivity contribution < 1.29 is 0 Å². The number of benzene rings is 8.